The SMILES string of the molecule is CC1(C)CCC[C@H](Sc2ccc(C#N)cn2)C1. The van der Waals surface area contributed by atoms with E-state index in [0.717, 1.165) is 5.03 Å². The molecule has 0 amide bonds. The number of rotatable bonds is 2. The van der Waals surface area contributed by atoms with Crippen molar-refractivity contribution in [2.75, 3.05) is 0 Å². The van der Waals surface area contributed by atoms with Gasteiger partial charge in [-0.2, -0.15) is 5.26 Å². The summed E-state index contributed by atoms with van der Waals surface area (Å²) in [4.78, 5) is 4.33. The van der Waals surface area contributed by atoms with Crippen molar-refractivity contribution in [1.82, 2.24) is 4.98 Å². The van der Waals surface area contributed by atoms with E-state index in [9.17, 15) is 0 Å². The first-order valence-electron chi connectivity index (χ1n) is 6.12. The van der Waals surface area contributed by atoms with Crippen molar-refractivity contribution < 1.29 is 0 Å². The Kier molecular flexibility index (Phi) is 3.73. The van der Waals surface area contributed by atoms with E-state index in [1.54, 1.807) is 6.20 Å². The number of nitrogens with zero attached hydrogens (tertiary/aromatic N) is 2. The molecule has 90 valence electrons. The fourth-order valence-corrected chi connectivity index (χ4v) is 3.84. The van der Waals surface area contributed by atoms with E-state index in [2.05, 4.69) is 24.9 Å². The van der Waals surface area contributed by atoms with Gasteiger partial charge in [0.2, 0.25) is 0 Å². The van der Waals surface area contributed by atoms with Gasteiger partial charge >= 0.3 is 0 Å². The number of hydrogen-bond donors (Lipinski definition) is 0. The van der Waals surface area contributed by atoms with E-state index in [1.807, 2.05) is 23.9 Å². The third-order valence-corrected chi connectivity index (χ3v) is 4.53. The molecule has 0 aromatic carbocycles. The molecule has 1 aromatic rings. The fourth-order valence-electron chi connectivity index (χ4n) is 2.42. The van der Waals surface area contributed by atoms with Crippen molar-refractivity contribution in [3.05, 3.63) is 23.9 Å². The number of nitriles is 1. The van der Waals surface area contributed by atoms with Crippen LogP contribution in [0.3, 0.4) is 0 Å². The average molecular weight is 246 g/mol. The third-order valence-electron chi connectivity index (χ3n) is 3.31. The lowest BCUT2D eigenvalue weighted by atomic mass is 9.77. The Morgan fingerprint density at radius 3 is 2.88 bits per heavy atom. The molecule has 1 aromatic heterocycles. The molecule has 0 saturated heterocycles. The highest BCUT2D eigenvalue weighted by Crippen LogP contribution is 2.41. The molecular weight excluding hydrogens is 228 g/mol. The van der Waals surface area contributed by atoms with Crippen molar-refractivity contribution >= 4 is 11.8 Å². The van der Waals surface area contributed by atoms with Gasteiger partial charge in [-0.25, -0.2) is 4.98 Å². The molecule has 0 radical (unpaired) electrons. The molecule has 0 bridgehead atoms. The van der Waals surface area contributed by atoms with Crippen molar-refractivity contribution in [3.63, 3.8) is 0 Å². The van der Waals surface area contributed by atoms with Crippen molar-refractivity contribution in [2.24, 2.45) is 5.41 Å². The summed E-state index contributed by atoms with van der Waals surface area (Å²) in [5, 5.41) is 10.4. The Labute approximate surface area is 107 Å². The van der Waals surface area contributed by atoms with Gasteiger partial charge in [0, 0.05) is 11.4 Å². The number of thioether (sulfide) groups is 1. The molecule has 1 fully saturated rings. The topological polar surface area (TPSA) is 36.7 Å². The molecule has 2 nitrogen and oxygen atoms in total. The van der Waals surface area contributed by atoms with Crippen LogP contribution < -0.4 is 0 Å². The Hall–Kier alpha value is -1.01. The number of hydrogen-bond acceptors (Lipinski definition) is 3. The van der Waals surface area contributed by atoms with E-state index in [4.69, 9.17) is 5.26 Å². The Morgan fingerprint density at radius 1 is 1.47 bits per heavy atom. The van der Waals surface area contributed by atoms with Crippen LogP contribution >= 0.6 is 11.8 Å². The molecular formula is C14H18N2S. The van der Waals surface area contributed by atoms with Gasteiger partial charge in [-0.3, -0.25) is 0 Å². The van der Waals surface area contributed by atoms with Crippen molar-refractivity contribution in [1.29, 1.82) is 5.26 Å². The van der Waals surface area contributed by atoms with Crippen LogP contribution in [0.5, 0.6) is 0 Å². The summed E-state index contributed by atoms with van der Waals surface area (Å²) >= 11 is 1.87. The van der Waals surface area contributed by atoms with E-state index in [1.165, 1.54) is 25.7 Å². The van der Waals surface area contributed by atoms with Gasteiger partial charge < -0.3 is 0 Å². The first kappa shape index (κ1) is 12.4. The van der Waals surface area contributed by atoms with Crippen molar-refractivity contribution in [3.8, 4) is 6.07 Å². The Bertz CT molecular complexity index is 417. The smallest absolute Gasteiger partial charge is 0.101 e. The summed E-state index contributed by atoms with van der Waals surface area (Å²) in [5.74, 6) is 0. The second-order valence-electron chi connectivity index (χ2n) is 5.50. The highest BCUT2D eigenvalue weighted by atomic mass is 32.2. The van der Waals surface area contributed by atoms with E-state index in [-0.39, 0.29) is 0 Å². The lowest BCUT2D eigenvalue weighted by Crippen LogP contribution is -2.24. The maximum absolute atomic E-state index is 8.72. The molecule has 1 aliphatic carbocycles. The maximum Gasteiger partial charge on any atom is 0.101 e. The van der Waals surface area contributed by atoms with E-state index >= 15 is 0 Å². The second kappa shape index (κ2) is 5.10. The quantitative estimate of drug-likeness (QED) is 0.791. The molecule has 0 unspecified atom stereocenters. The number of pyridine rings is 1. The van der Waals surface area contributed by atoms with Gasteiger partial charge in [0.1, 0.15) is 6.07 Å². The normalized spacial score (nSPS) is 23.0. The van der Waals surface area contributed by atoms with Gasteiger partial charge in [0.05, 0.1) is 10.6 Å². The molecule has 1 saturated carbocycles. The van der Waals surface area contributed by atoms with Crippen molar-refractivity contribution in [2.45, 2.75) is 49.8 Å². The van der Waals surface area contributed by atoms with Gasteiger partial charge in [0.25, 0.3) is 0 Å². The summed E-state index contributed by atoms with van der Waals surface area (Å²) in [6.45, 7) is 4.71. The van der Waals surface area contributed by atoms with E-state index < -0.39 is 0 Å². The zero-order valence-electron chi connectivity index (χ0n) is 10.4. The number of aromatic nitrogens is 1. The molecule has 3 heteroatoms. The molecule has 0 aliphatic heterocycles. The first-order valence-corrected chi connectivity index (χ1v) is 7.00. The minimum Gasteiger partial charge on any atom is -0.249 e. The summed E-state index contributed by atoms with van der Waals surface area (Å²) < 4.78 is 0. The zero-order valence-corrected chi connectivity index (χ0v) is 11.3. The Morgan fingerprint density at radius 2 is 2.29 bits per heavy atom. The molecule has 0 N–H and O–H groups in total. The maximum atomic E-state index is 8.72. The van der Waals surface area contributed by atoms with Crippen LogP contribution in [0, 0.1) is 16.7 Å². The average Bonchev–Trinajstić information content (AvgIpc) is 2.29. The lowest BCUT2D eigenvalue weighted by Gasteiger charge is -2.34. The zero-order chi connectivity index (χ0) is 12.3. The van der Waals surface area contributed by atoms with Crippen LogP contribution in [0.1, 0.15) is 45.1 Å². The van der Waals surface area contributed by atoms with Gasteiger partial charge in [-0.05, 0) is 36.8 Å². The molecule has 17 heavy (non-hydrogen) atoms. The third kappa shape index (κ3) is 3.47. The Balaban J connectivity index is 1.98. The lowest BCUT2D eigenvalue weighted by molar-refractivity contribution is 0.251. The molecule has 1 aliphatic rings. The van der Waals surface area contributed by atoms with Crippen LogP contribution in [-0.2, 0) is 0 Å². The molecule has 1 atom stereocenters. The van der Waals surface area contributed by atoms with Gasteiger partial charge in [-0.15, -0.1) is 11.8 Å². The second-order valence-corrected chi connectivity index (χ2v) is 6.82. The summed E-state index contributed by atoms with van der Waals surface area (Å²) in [6.07, 6.45) is 6.87. The van der Waals surface area contributed by atoms with Gasteiger partial charge in [-0.1, -0.05) is 20.3 Å². The standard InChI is InChI=1S/C14H18N2S/c1-14(2)7-3-4-12(8-14)17-13-6-5-11(9-15)10-16-13/h5-6,10,12H,3-4,7-8H2,1-2H3/t12-/m0/s1. The first-order chi connectivity index (χ1) is 8.09. The predicted molar refractivity (Wildman–Crippen MR) is 70.8 cm³/mol. The minimum atomic E-state index is 0.475. The fraction of sp³-hybridized carbons (Fsp3) is 0.571. The van der Waals surface area contributed by atoms with E-state index in [0.29, 0.717) is 16.2 Å². The van der Waals surface area contributed by atoms with Crippen LogP contribution in [0.2, 0.25) is 0 Å². The molecule has 2 rings (SSSR count). The van der Waals surface area contributed by atoms with Gasteiger partial charge in [0.15, 0.2) is 0 Å². The molecule has 1 heterocycles. The van der Waals surface area contributed by atoms with Crippen LogP contribution in [0.4, 0.5) is 0 Å². The monoisotopic (exact) mass is 246 g/mol. The summed E-state index contributed by atoms with van der Waals surface area (Å²) in [6, 6.07) is 5.91. The summed E-state index contributed by atoms with van der Waals surface area (Å²) in [7, 11) is 0. The van der Waals surface area contributed by atoms with Crippen LogP contribution in [0.15, 0.2) is 23.4 Å². The van der Waals surface area contributed by atoms with Crippen LogP contribution in [-0.4, -0.2) is 10.2 Å². The minimum absolute atomic E-state index is 0.475. The molecule has 0 spiro atoms. The largest absolute Gasteiger partial charge is 0.249 e. The highest BCUT2D eigenvalue weighted by molar-refractivity contribution is 7.99. The summed E-state index contributed by atoms with van der Waals surface area (Å²) in [5.41, 5.74) is 1.11. The van der Waals surface area contributed by atoms with Crippen LogP contribution in [0.25, 0.3) is 0 Å². The predicted octanol–water partition coefficient (Wildman–Crippen LogP) is 4.01. The highest BCUT2D eigenvalue weighted by Gasteiger charge is 2.28.